The van der Waals surface area contributed by atoms with Crippen LogP contribution >= 0.6 is 0 Å². The SMILES string of the molecule is O=C(O)C1(C(O)c2ccncc2)CC1. The van der Waals surface area contributed by atoms with Crippen molar-refractivity contribution in [2.45, 2.75) is 18.9 Å². The Hall–Kier alpha value is -1.42. The minimum Gasteiger partial charge on any atom is -0.481 e. The van der Waals surface area contributed by atoms with Crippen molar-refractivity contribution in [1.29, 1.82) is 0 Å². The minimum atomic E-state index is -0.943. The summed E-state index contributed by atoms with van der Waals surface area (Å²) in [5.41, 5.74) is -0.318. The number of pyridine rings is 1. The van der Waals surface area contributed by atoms with Gasteiger partial charge in [-0.05, 0) is 30.5 Å². The molecule has 1 aromatic heterocycles. The molecule has 1 aliphatic rings. The van der Waals surface area contributed by atoms with Crippen molar-refractivity contribution in [3.63, 3.8) is 0 Å². The van der Waals surface area contributed by atoms with Crippen molar-refractivity contribution in [1.82, 2.24) is 4.98 Å². The number of hydrogen-bond donors (Lipinski definition) is 2. The Balaban J connectivity index is 2.25. The number of aliphatic hydroxyl groups excluding tert-OH is 1. The minimum absolute atomic E-state index is 0.547. The zero-order valence-corrected chi connectivity index (χ0v) is 7.55. The van der Waals surface area contributed by atoms with Gasteiger partial charge in [0.2, 0.25) is 0 Å². The number of aliphatic hydroxyl groups is 1. The van der Waals surface area contributed by atoms with Gasteiger partial charge in [-0.3, -0.25) is 9.78 Å². The largest absolute Gasteiger partial charge is 0.481 e. The van der Waals surface area contributed by atoms with E-state index < -0.39 is 17.5 Å². The van der Waals surface area contributed by atoms with Gasteiger partial charge in [0.1, 0.15) is 0 Å². The van der Waals surface area contributed by atoms with E-state index in [4.69, 9.17) is 5.11 Å². The fourth-order valence-electron chi connectivity index (χ4n) is 1.60. The summed E-state index contributed by atoms with van der Waals surface area (Å²) in [4.78, 5) is 14.7. The van der Waals surface area contributed by atoms with Gasteiger partial charge in [-0.1, -0.05) is 0 Å². The van der Waals surface area contributed by atoms with Gasteiger partial charge >= 0.3 is 5.97 Å². The maximum atomic E-state index is 10.9. The van der Waals surface area contributed by atoms with Gasteiger partial charge in [0.25, 0.3) is 0 Å². The molecular formula is C10H11NO3. The van der Waals surface area contributed by atoms with E-state index in [1.165, 1.54) is 0 Å². The van der Waals surface area contributed by atoms with Gasteiger partial charge in [0, 0.05) is 12.4 Å². The normalized spacial score (nSPS) is 20.1. The maximum Gasteiger partial charge on any atom is 0.312 e. The summed E-state index contributed by atoms with van der Waals surface area (Å²) >= 11 is 0. The van der Waals surface area contributed by atoms with Gasteiger partial charge in [0.05, 0.1) is 11.5 Å². The second kappa shape index (κ2) is 3.06. The average molecular weight is 193 g/mol. The molecule has 1 aliphatic carbocycles. The summed E-state index contributed by atoms with van der Waals surface area (Å²) < 4.78 is 0. The number of nitrogens with zero attached hydrogens (tertiary/aromatic N) is 1. The second-order valence-corrected chi connectivity index (χ2v) is 3.64. The molecule has 14 heavy (non-hydrogen) atoms. The van der Waals surface area contributed by atoms with Crippen molar-refractivity contribution < 1.29 is 15.0 Å². The lowest BCUT2D eigenvalue weighted by atomic mass is 9.94. The van der Waals surface area contributed by atoms with Crippen molar-refractivity contribution in [3.8, 4) is 0 Å². The molecule has 4 nitrogen and oxygen atoms in total. The third-order valence-corrected chi connectivity index (χ3v) is 2.76. The van der Waals surface area contributed by atoms with Crippen LogP contribution in [0.5, 0.6) is 0 Å². The first-order valence-corrected chi connectivity index (χ1v) is 4.48. The maximum absolute atomic E-state index is 10.9. The van der Waals surface area contributed by atoms with Crippen molar-refractivity contribution >= 4 is 5.97 Å². The van der Waals surface area contributed by atoms with Gasteiger partial charge in [-0.25, -0.2) is 0 Å². The molecule has 2 rings (SSSR count). The molecule has 74 valence electrons. The van der Waals surface area contributed by atoms with Crippen LogP contribution in [-0.2, 0) is 4.79 Å². The Bertz CT molecular complexity index is 346. The number of carboxylic acids is 1. The molecular weight excluding hydrogens is 182 g/mol. The molecule has 1 saturated carbocycles. The van der Waals surface area contributed by atoms with Gasteiger partial charge < -0.3 is 10.2 Å². The van der Waals surface area contributed by atoms with E-state index in [1.807, 2.05) is 0 Å². The van der Waals surface area contributed by atoms with Crippen LogP contribution in [0.4, 0.5) is 0 Å². The van der Waals surface area contributed by atoms with E-state index in [0.29, 0.717) is 18.4 Å². The molecule has 2 N–H and O–H groups in total. The smallest absolute Gasteiger partial charge is 0.312 e. The van der Waals surface area contributed by atoms with Gasteiger partial charge in [-0.2, -0.15) is 0 Å². The molecule has 0 spiro atoms. The highest BCUT2D eigenvalue weighted by Crippen LogP contribution is 2.54. The van der Waals surface area contributed by atoms with E-state index >= 15 is 0 Å². The highest BCUT2D eigenvalue weighted by atomic mass is 16.4. The van der Waals surface area contributed by atoms with Gasteiger partial charge in [-0.15, -0.1) is 0 Å². The lowest BCUT2D eigenvalue weighted by molar-refractivity contribution is -0.148. The molecule has 0 saturated heterocycles. The molecule has 0 bridgehead atoms. The number of aromatic nitrogens is 1. The molecule has 1 fully saturated rings. The lowest BCUT2D eigenvalue weighted by Gasteiger charge is -2.17. The van der Waals surface area contributed by atoms with Crippen molar-refractivity contribution in [3.05, 3.63) is 30.1 Å². The molecule has 1 aromatic rings. The Kier molecular flexibility index (Phi) is 2.00. The first-order valence-electron chi connectivity index (χ1n) is 4.48. The Morgan fingerprint density at radius 3 is 2.43 bits per heavy atom. The highest BCUT2D eigenvalue weighted by molar-refractivity contribution is 5.78. The first-order chi connectivity index (χ1) is 6.67. The van der Waals surface area contributed by atoms with E-state index in [2.05, 4.69) is 4.98 Å². The number of rotatable bonds is 3. The summed E-state index contributed by atoms with van der Waals surface area (Å²) in [6.45, 7) is 0. The molecule has 0 amide bonds. The molecule has 1 unspecified atom stereocenters. The Morgan fingerprint density at radius 1 is 1.43 bits per heavy atom. The van der Waals surface area contributed by atoms with E-state index in [9.17, 15) is 9.90 Å². The average Bonchev–Trinajstić information content (AvgIpc) is 2.99. The van der Waals surface area contributed by atoms with Gasteiger partial charge in [0.15, 0.2) is 0 Å². The monoisotopic (exact) mass is 193 g/mol. The van der Waals surface area contributed by atoms with Crippen molar-refractivity contribution in [2.24, 2.45) is 5.41 Å². The number of aliphatic carboxylic acids is 1. The third kappa shape index (κ3) is 1.28. The fourth-order valence-corrected chi connectivity index (χ4v) is 1.60. The van der Waals surface area contributed by atoms with Crippen LogP contribution in [0.3, 0.4) is 0 Å². The van der Waals surface area contributed by atoms with E-state index in [0.717, 1.165) is 0 Å². The van der Waals surface area contributed by atoms with Crippen LogP contribution in [0.2, 0.25) is 0 Å². The molecule has 0 aliphatic heterocycles. The number of carboxylic acid groups (broad SMARTS) is 1. The number of carbonyl (C=O) groups is 1. The fraction of sp³-hybridized carbons (Fsp3) is 0.400. The van der Waals surface area contributed by atoms with Crippen LogP contribution in [-0.4, -0.2) is 21.2 Å². The Labute approximate surface area is 81.2 Å². The predicted molar refractivity (Wildman–Crippen MR) is 48.5 cm³/mol. The summed E-state index contributed by atoms with van der Waals surface area (Å²) in [6.07, 6.45) is 3.29. The highest BCUT2D eigenvalue weighted by Gasteiger charge is 2.56. The van der Waals surface area contributed by atoms with E-state index in [-0.39, 0.29) is 0 Å². The lowest BCUT2D eigenvalue weighted by Crippen LogP contribution is -2.23. The predicted octanol–water partition coefficient (Wildman–Crippen LogP) is 0.980. The molecule has 4 heteroatoms. The molecule has 0 radical (unpaired) electrons. The summed E-state index contributed by atoms with van der Waals surface area (Å²) in [5, 5.41) is 18.8. The zero-order valence-electron chi connectivity index (χ0n) is 7.55. The molecule has 1 atom stereocenters. The second-order valence-electron chi connectivity index (χ2n) is 3.64. The standard InChI is InChI=1S/C10H11NO3/c12-8(7-1-5-11-6-2-7)10(3-4-10)9(13)14/h1-2,5-6,8,12H,3-4H2,(H,13,14). The van der Waals surface area contributed by atoms with Crippen LogP contribution < -0.4 is 0 Å². The summed E-state index contributed by atoms with van der Waals surface area (Å²) in [6, 6.07) is 3.29. The molecule has 0 aromatic carbocycles. The topological polar surface area (TPSA) is 70.4 Å². The van der Waals surface area contributed by atoms with Crippen molar-refractivity contribution in [2.75, 3.05) is 0 Å². The van der Waals surface area contributed by atoms with Crippen LogP contribution in [0.1, 0.15) is 24.5 Å². The summed E-state index contributed by atoms with van der Waals surface area (Å²) in [5.74, 6) is -0.915. The molecule has 1 heterocycles. The van der Waals surface area contributed by atoms with Crippen LogP contribution in [0.15, 0.2) is 24.5 Å². The Morgan fingerprint density at radius 2 is 2.00 bits per heavy atom. The van der Waals surface area contributed by atoms with Crippen LogP contribution in [0, 0.1) is 5.41 Å². The third-order valence-electron chi connectivity index (χ3n) is 2.76. The van der Waals surface area contributed by atoms with E-state index in [1.54, 1.807) is 24.5 Å². The first kappa shape index (κ1) is 9.15. The zero-order chi connectivity index (χ0) is 10.2. The van der Waals surface area contributed by atoms with Crippen LogP contribution in [0.25, 0.3) is 0 Å². The summed E-state index contributed by atoms with van der Waals surface area (Å²) in [7, 11) is 0. The quantitative estimate of drug-likeness (QED) is 0.750. The number of hydrogen-bond acceptors (Lipinski definition) is 3.